The van der Waals surface area contributed by atoms with Crippen LogP contribution in [0.4, 0.5) is 0 Å². The zero-order chi connectivity index (χ0) is 26.1. The number of nitrogens with zero attached hydrogens (tertiary/aromatic N) is 2. The number of esters is 1. The summed E-state index contributed by atoms with van der Waals surface area (Å²) in [5.41, 5.74) is 2.73. The van der Waals surface area contributed by atoms with Gasteiger partial charge in [0.25, 0.3) is 0 Å². The summed E-state index contributed by atoms with van der Waals surface area (Å²) >= 11 is 8.22. The first kappa shape index (κ1) is 27.7. The number of carbonyl (C=O) groups excluding carboxylic acids is 1. The number of rotatable bonds is 6. The SMILES string of the molecule is COC(=O)CCN1CCN(C2Cc3ccccc3Sc3ccc(Cl)cc32)CC1.O=C(O)/C=C/C(=O)O. The molecule has 1 saturated heterocycles. The smallest absolute Gasteiger partial charge is 0.328 e. The van der Waals surface area contributed by atoms with Crippen LogP contribution in [-0.2, 0) is 25.5 Å². The van der Waals surface area contributed by atoms with E-state index >= 15 is 0 Å². The van der Waals surface area contributed by atoms with Crippen LogP contribution in [0.3, 0.4) is 0 Å². The van der Waals surface area contributed by atoms with E-state index in [-0.39, 0.29) is 5.97 Å². The fourth-order valence-corrected chi connectivity index (χ4v) is 5.50. The fraction of sp³-hybridized carbons (Fsp3) is 0.346. The highest BCUT2D eigenvalue weighted by atomic mass is 35.5. The molecule has 2 aliphatic heterocycles. The van der Waals surface area contributed by atoms with Crippen LogP contribution in [0.5, 0.6) is 0 Å². The molecule has 0 aliphatic carbocycles. The Hall–Kier alpha value is -2.85. The summed E-state index contributed by atoms with van der Waals surface area (Å²) in [6.45, 7) is 4.69. The molecule has 1 unspecified atom stereocenters. The Morgan fingerprint density at radius 2 is 1.69 bits per heavy atom. The average molecular weight is 533 g/mol. The molecule has 10 heteroatoms. The van der Waals surface area contributed by atoms with E-state index in [2.05, 4.69) is 46.2 Å². The zero-order valence-electron chi connectivity index (χ0n) is 19.9. The van der Waals surface area contributed by atoms with Crippen LogP contribution in [0.2, 0.25) is 5.02 Å². The maximum atomic E-state index is 11.4. The number of benzene rings is 2. The minimum atomic E-state index is -1.26. The highest BCUT2D eigenvalue weighted by Crippen LogP contribution is 2.43. The van der Waals surface area contributed by atoms with Crippen LogP contribution in [0.1, 0.15) is 23.6 Å². The topological polar surface area (TPSA) is 107 Å². The Kier molecular flexibility index (Phi) is 10.4. The summed E-state index contributed by atoms with van der Waals surface area (Å²) in [6.07, 6.45) is 2.58. The minimum Gasteiger partial charge on any atom is -0.478 e. The molecule has 1 atom stereocenters. The molecule has 0 bridgehead atoms. The number of carbonyl (C=O) groups is 3. The van der Waals surface area contributed by atoms with Crippen molar-refractivity contribution in [1.29, 1.82) is 0 Å². The number of fused-ring (bicyclic) bond motifs is 2. The van der Waals surface area contributed by atoms with E-state index in [0.29, 0.717) is 24.6 Å². The van der Waals surface area contributed by atoms with Crippen LogP contribution in [0.15, 0.2) is 64.4 Å². The van der Waals surface area contributed by atoms with Crippen molar-refractivity contribution in [3.8, 4) is 0 Å². The summed E-state index contributed by atoms with van der Waals surface area (Å²) in [4.78, 5) is 38.1. The van der Waals surface area contributed by atoms with E-state index in [4.69, 9.17) is 26.6 Å². The van der Waals surface area contributed by atoms with E-state index in [1.54, 1.807) is 0 Å². The van der Waals surface area contributed by atoms with Gasteiger partial charge < -0.3 is 19.8 Å². The summed E-state index contributed by atoms with van der Waals surface area (Å²) < 4.78 is 4.76. The molecule has 4 rings (SSSR count). The maximum absolute atomic E-state index is 11.4. The quantitative estimate of drug-likeness (QED) is 0.422. The van der Waals surface area contributed by atoms with Crippen molar-refractivity contribution in [1.82, 2.24) is 9.80 Å². The minimum absolute atomic E-state index is 0.136. The predicted octanol–water partition coefficient (Wildman–Crippen LogP) is 3.98. The van der Waals surface area contributed by atoms with E-state index in [1.165, 1.54) is 28.0 Å². The molecule has 2 N–H and O–H groups in total. The van der Waals surface area contributed by atoms with E-state index in [9.17, 15) is 14.4 Å². The Balaban J connectivity index is 0.000000392. The molecule has 8 nitrogen and oxygen atoms in total. The lowest BCUT2D eigenvalue weighted by molar-refractivity contribution is -0.141. The predicted molar refractivity (Wildman–Crippen MR) is 138 cm³/mol. The first-order valence-corrected chi connectivity index (χ1v) is 12.7. The molecule has 2 aromatic carbocycles. The Morgan fingerprint density at radius 3 is 2.33 bits per heavy atom. The summed E-state index contributed by atoms with van der Waals surface area (Å²) in [5.74, 6) is -2.65. The maximum Gasteiger partial charge on any atom is 0.328 e. The molecule has 0 spiro atoms. The van der Waals surface area contributed by atoms with Crippen molar-refractivity contribution in [2.75, 3.05) is 39.8 Å². The molecular formula is C26H29ClN2O6S. The second kappa shape index (κ2) is 13.5. The number of carboxylic acid groups (broad SMARTS) is 2. The van der Waals surface area contributed by atoms with Crippen molar-refractivity contribution >= 4 is 41.3 Å². The van der Waals surface area contributed by atoms with E-state index < -0.39 is 11.9 Å². The molecule has 192 valence electrons. The molecule has 0 aromatic heterocycles. The van der Waals surface area contributed by atoms with Crippen LogP contribution in [0, 0.1) is 0 Å². The van der Waals surface area contributed by atoms with Gasteiger partial charge in [0.1, 0.15) is 0 Å². The number of hydrogen-bond acceptors (Lipinski definition) is 7. The number of methoxy groups -OCH3 is 1. The number of hydrogen-bond donors (Lipinski definition) is 2. The van der Waals surface area contributed by atoms with Crippen molar-refractivity contribution in [2.24, 2.45) is 0 Å². The molecule has 2 aliphatic rings. The molecule has 36 heavy (non-hydrogen) atoms. The van der Waals surface area contributed by atoms with Gasteiger partial charge in [-0.25, -0.2) is 9.59 Å². The zero-order valence-corrected chi connectivity index (χ0v) is 21.5. The monoisotopic (exact) mass is 532 g/mol. The lowest BCUT2D eigenvalue weighted by Crippen LogP contribution is -2.48. The normalized spacial score (nSPS) is 17.8. The third-order valence-electron chi connectivity index (χ3n) is 6.01. The first-order valence-electron chi connectivity index (χ1n) is 11.5. The first-order chi connectivity index (χ1) is 17.3. The van der Waals surface area contributed by atoms with Crippen molar-refractivity contribution in [3.05, 3.63) is 70.8 Å². The number of halogens is 1. The number of aliphatic carboxylic acids is 2. The van der Waals surface area contributed by atoms with Gasteiger partial charge in [-0.2, -0.15) is 0 Å². The van der Waals surface area contributed by atoms with Crippen molar-refractivity contribution in [3.63, 3.8) is 0 Å². The van der Waals surface area contributed by atoms with Gasteiger partial charge >= 0.3 is 17.9 Å². The molecule has 0 radical (unpaired) electrons. The Morgan fingerprint density at radius 1 is 1.03 bits per heavy atom. The standard InChI is InChI=1S/C22H25ClN2O2S.C4H4O4/c1-27-22(26)8-9-24-10-12-25(13-11-24)19-14-16-4-2-3-5-20(16)28-21-7-6-17(23)15-18(19)21;5-3(6)1-2-4(7)8/h2-7,15,19H,8-14H2,1H3;1-2H,(H,5,6)(H,7,8)/b;2-1+. The van der Waals surface area contributed by atoms with Gasteiger partial charge in [0, 0.05) is 65.7 Å². The number of piperazine rings is 1. The fourth-order valence-electron chi connectivity index (χ4n) is 4.20. The molecule has 0 saturated carbocycles. The number of carboxylic acids is 2. The van der Waals surface area contributed by atoms with Gasteiger partial charge in [0.15, 0.2) is 0 Å². The van der Waals surface area contributed by atoms with Gasteiger partial charge in [-0.1, -0.05) is 41.6 Å². The largest absolute Gasteiger partial charge is 0.478 e. The van der Waals surface area contributed by atoms with Gasteiger partial charge in [-0.3, -0.25) is 9.69 Å². The van der Waals surface area contributed by atoms with Crippen LogP contribution in [-0.4, -0.2) is 77.8 Å². The second-order valence-corrected chi connectivity index (χ2v) is 9.85. The van der Waals surface area contributed by atoms with Gasteiger partial charge in [-0.15, -0.1) is 0 Å². The molecule has 2 heterocycles. The average Bonchev–Trinajstić information content (AvgIpc) is 3.03. The molecule has 2 aromatic rings. The highest BCUT2D eigenvalue weighted by Gasteiger charge is 2.30. The summed E-state index contributed by atoms with van der Waals surface area (Å²) in [5, 5.41) is 16.4. The van der Waals surface area contributed by atoms with Crippen LogP contribution < -0.4 is 0 Å². The summed E-state index contributed by atoms with van der Waals surface area (Å²) in [6, 6.07) is 15.3. The molecular weight excluding hydrogens is 504 g/mol. The van der Waals surface area contributed by atoms with E-state index in [1.807, 2.05) is 17.8 Å². The van der Waals surface area contributed by atoms with Gasteiger partial charge in [-0.05, 0) is 41.8 Å². The van der Waals surface area contributed by atoms with E-state index in [0.717, 1.165) is 44.2 Å². The van der Waals surface area contributed by atoms with Crippen molar-refractivity contribution < 1.29 is 29.3 Å². The Bertz CT molecular complexity index is 1100. The molecule has 0 amide bonds. The van der Waals surface area contributed by atoms with Gasteiger partial charge in [0.2, 0.25) is 0 Å². The van der Waals surface area contributed by atoms with Crippen molar-refractivity contribution in [2.45, 2.75) is 28.7 Å². The van der Waals surface area contributed by atoms with Crippen LogP contribution in [0.25, 0.3) is 0 Å². The third kappa shape index (κ3) is 8.09. The second-order valence-electron chi connectivity index (χ2n) is 8.33. The molecule has 1 fully saturated rings. The van der Waals surface area contributed by atoms with Gasteiger partial charge in [0.05, 0.1) is 13.5 Å². The highest BCUT2D eigenvalue weighted by molar-refractivity contribution is 7.99. The lowest BCUT2D eigenvalue weighted by Gasteiger charge is -2.39. The lowest BCUT2D eigenvalue weighted by atomic mass is 9.96. The number of ether oxygens (including phenoxy) is 1. The Labute approximate surface area is 219 Å². The third-order valence-corrected chi connectivity index (χ3v) is 7.46. The summed E-state index contributed by atoms with van der Waals surface area (Å²) in [7, 11) is 1.45. The van der Waals surface area contributed by atoms with Crippen LogP contribution >= 0.6 is 23.4 Å².